The van der Waals surface area contributed by atoms with Crippen LogP contribution in [0.4, 0.5) is 29.7 Å². The van der Waals surface area contributed by atoms with Gasteiger partial charge in [-0.2, -0.15) is 13.2 Å². The second-order valence-electron chi connectivity index (χ2n) is 5.36. The second kappa shape index (κ2) is 9.27. The number of aromatic nitrogens is 2. The molecule has 0 atom stereocenters. The topological polar surface area (TPSA) is 70.2 Å². The predicted octanol–water partition coefficient (Wildman–Crippen LogP) is 4.18. The molecule has 0 bridgehead atoms. The molecule has 2 N–H and O–H groups in total. The van der Waals surface area contributed by atoms with E-state index in [0.29, 0.717) is 28.2 Å². The van der Waals surface area contributed by atoms with Crippen LogP contribution in [0.1, 0.15) is 19.4 Å². The number of carbonyl (C=O) groups excluding carboxylic acids is 1. The van der Waals surface area contributed by atoms with Crippen molar-refractivity contribution in [3.63, 3.8) is 0 Å². The molecule has 0 fully saturated rings. The highest BCUT2D eigenvalue weighted by molar-refractivity contribution is 8.01. The second-order valence-corrected chi connectivity index (χ2v) is 7.56. The van der Waals surface area contributed by atoms with Crippen LogP contribution in [0, 0.1) is 0 Å². The number of nitrogens with one attached hydrogen (secondary N) is 2. The summed E-state index contributed by atoms with van der Waals surface area (Å²) in [5, 5.41) is 13.9. The highest BCUT2D eigenvalue weighted by atomic mass is 32.2. The average Bonchev–Trinajstić information content (AvgIpc) is 3.09. The Balaban J connectivity index is 2.16. The van der Waals surface area contributed by atoms with E-state index in [1.807, 2.05) is 18.7 Å². The minimum absolute atomic E-state index is 0.0201. The molecule has 1 aromatic heterocycles. The molecule has 0 aliphatic carbocycles. The van der Waals surface area contributed by atoms with Crippen LogP contribution >= 0.6 is 23.1 Å². The van der Waals surface area contributed by atoms with Crippen LogP contribution in [0.25, 0.3) is 0 Å². The fourth-order valence-corrected chi connectivity index (χ4v) is 3.84. The quantitative estimate of drug-likeness (QED) is 0.626. The van der Waals surface area contributed by atoms with Crippen molar-refractivity contribution in [3.05, 3.63) is 23.8 Å². The van der Waals surface area contributed by atoms with Gasteiger partial charge in [0.1, 0.15) is 0 Å². The van der Waals surface area contributed by atoms with Gasteiger partial charge in [0.25, 0.3) is 0 Å². The summed E-state index contributed by atoms with van der Waals surface area (Å²) in [5.41, 5.74) is -0.101. The Hall–Kier alpha value is -2.01. The Bertz CT molecular complexity index is 778. The van der Waals surface area contributed by atoms with E-state index in [1.54, 1.807) is 7.05 Å². The monoisotopic (exact) mass is 419 g/mol. The number of rotatable bonds is 8. The van der Waals surface area contributed by atoms with Gasteiger partial charge in [0.05, 0.1) is 22.7 Å². The van der Waals surface area contributed by atoms with Crippen LogP contribution in [0.5, 0.6) is 0 Å². The molecule has 6 nitrogen and oxygen atoms in total. The lowest BCUT2D eigenvalue weighted by Gasteiger charge is -2.25. The number of thioether (sulfide) groups is 1. The molecule has 0 saturated carbocycles. The Labute approximate surface area is 163 Å². The SMILES string of the molecule is CCN(CC)c1ccc(C(F)(F)F)cc1NC(=O)CSc1nnc(NC)s1. The Kier molecular flexibility index (Phi) is 7.31. The number of carbonyl (C=O) groups is 1. The van der Waals surface area contributed by atoms with Gasteiger partial charge in [0, 0.05) is 20.1 Å². The summed E-state index contributed by atoms with van der Waals surface area (Å²) < 4.78 is 39.8. The lowest BCUT2D eigenvalue weighted by atomic mass is 10.1. The first-order valence-electron chi connectivity index (χ1n) is 8.18. The molecular formula is C16H20F3N5OS2. The summed E-state index contributed by atoms with van der Waals surface area (Å²) in [4.78, 5) is 14.2. The zero-order valence-electron chi connectivity index (χ0n) is 15.1. The Morgan fingerprint density at radius 2 is 1.96 bits per heavy atom. The van der Waals surface area contributed by atoms with Gasteiger partial charge in [0.15, 0.2) is 4.34 Å². The number of nitrogens with zero attached hydrogens (tertiary/aromatic N) is 3. The van der Waals surface area contributed by atoms with Gasteiger partial charge < -0.3 is 15.5 Å². The molecular weight excluding hydrogens is 399 g/mol. The number of benzene rings is 1. The van der Waals surface area contributed by atoms with Crippen LogP contribution in [0.3, 0.4) is 0 Å². The molecule has 0 aliphatic rings. The van der Waals surface area contributed by atoms with Crippen LogP contribution in [-0.2, 0) is 11.0 Å². The smallest absolute Gasteiger partial charge is 0.370 e. The third-order valence-corrected chi connectivity index (χ3v) is 5.72. The van der Waals surface area contributed by atoms with E-state index < -0.39 is 17.6 Å². The minimum Gasteiger partial charge on any atom is -0.370 e. The molecule has 27 heavy (non-hydrogen) atoms. The van der Waals surface area contributed by atoms with E-state index in [1.165, 1.54) is 29.2 Å². The van der Waals surface area contributed by atoms with E-state index >= 15 is 0 Å². The van der Waals surface area contributed by atoms with Crippen molar-refractivity contribution < 1.29 is 18.0 Å². The summed E-state index contributed by atoms with van der Waals surface area (Å²) >= 11 is 2.47. The minimum atomic E-state index is -4.48. The third-order valence-electron chi connectivity index (χ3n) is 3.65. The molecule has 0 aliphatic heterocycles. The Morgan fingerprint density at radius 3 is 2.52 bits per heavy atom. The van der Waals surface area contributed by atoms with Crippen molar-refractivity contribution in [1.82, 2.24) is 10.2 Å². The number of hydrogen-bond acceptors (Lipinski definition) is 7. The number of anilines is 3. The lowest BCUT2D eigenvalue weighted by molar-refractivity contribution is -0.137. The molecule has 2 aromatic rings. The summed E-state index contributed by atoms with van der Waals surface area (Å²) in [7, 11) is 1.71. The van der Waals surface area contributed by atoms with Crippen molar-refractivity contribution in [3.8, 4) is 0 Å². The molecule has 1 aromatic carbocycles. The summed E-state index contributed by atoms with van der Waals surface area (Å²) in [6, 6.07) is 3.39. The third kappa shape index (κ3) is 5.73. The van der Waals surface area contributed by atoms with E-state index in [2.05, 4.69) is 20.8 Å². The van der Waals surface area contributed by atoms with Crippen molar-refractivity contribution in [2.24, 2.45) is 0 Å². The van der Waals surface area contributed by atoms with Gasteiger partial charge in [-0.1, -0.05) is 23.1 Å². The standard InChI is InChI=1S/C16H20F3N5OS2/c1-4-24(5-2)12-7-6-10(16(17,18)19)8-11(12)21-13(25)9-26-15-23-22-14(20-3)27-15/h6-8H,4-5,9H2,1-3H3,(H,20,22)(H,21,25). The normalized spacial score (nSPS) is 11.3. The molecule has 11 heteroatoms. The number of amides is 1. The first-order chi connectivity index (χ1) is 12.8. The highest BCUT2D eigenvalue weighted by Crippen LogP contribution is 2.35. The zero-order chi connectivity index (χ0) is 20.0. The van der Waals surface area contributed by atoms with Crippen LogP contribution < -0.4 is 15.5 Å². The van der Waals surface area contributed by atoms with Crippen molar-refractivity contribution in [2.45, 2.75) is 24.4 Å². The fraction of sp³-hybridized carbons (Fsp3) is 0.438. The highest BCUT2D eigenvalue weighted by Gasteiger charge is 2.31. The maximum Gasteiger partial charge on any atom is 0.416 e. The van der Waals surface area contributed by atoms with Crippen LogP contribution in [0.15, 0.2) is 22.5 Å². The first-order valence-corrected chi connectivity index (χ1v) is 9.98. The summed E-state index contributed by atoms with van der Waals surface area (Å²) in [6.07, 6.45) is -4.48. The fourth-order valence-electron chi connectivity index (χ4n) is 2.34. The number of halogens is 3. The van der Waals surface area contributed by atoms with Gasteiger partial charge >= 0.3 is 6.18 Å². The molecule has 1 heterocycles. The maximum absolute atomic E-state index is 13.1. The molecule has 0 radical (unpaired) electrons. The van der Waals surface area contributed by atoms with Crippen molar-refractivity contribution in [2.75, 3.05) is 41.4 Å². The first kappa shape index (κ1) is 21.3. The molecule has 0 saturated heterocycles. The van der Waals surface area contributed by atoms with Crippen molar-refractivity contribution >= 4 is 45.5 Å². The van der Waals surface area contributed by atoms with Gasteiger partial charge in [-0.15, -0.1) is 10.2 Å². The molecule has 0 unspecified atom stereocenters. The lowest BCUT2D eigenvalue weighted by Crippen LogP contribution is -2.25. The molecule has 1 amide bonds. The maximum atomic E-state index is 13.1. The van der Waals surface area contributed by atoms with Crippen LogP contribution in [-0.4, -0.2) is 42.0 Å². The predicted molar refractivity (Wildman–Crippen MR) is 104 cm³/mol. The van der Waals surface area contributed by atoms with Gasteiger partial charge in [-0.3, -0.25) is 4.79 Å². The van der Waals surface area contributed by atoms with E-state index in [4.69, 9.17) is 0 Å². The summed E-state index contributed by atoms with van der Waals surface area (Å²) in [5.74, 6) is -0.388. The summed E-state index contributed by atoms with van der Waals surface area (Å²) in [6.45, 7) is 5.02. The molecule has 2 rings (SSSR count). The van der Waals surface area contributed by atoms with Gasteiger partial charge in [-0.25, -0.2) is 0 Å². The number of hydrogen-bond donors (Lipinski definition) is 2. The van der Waals surface area contributed by atoms with Crippen LogP contribution in [0.2, 0.25) is 0 Å². The number of alkyl halides is 3. The Morgan fingerprint density at radius 1 is 1.26 bits per heavy atom. The largest absolute Gasteiger partial charge is 0.416 e. The molecule has 148 valence electrons. The van der Waals surface area contributed by atoms with Gasteiger partial charge in [0.2, 0.25) is 11.0 Å². The van der Waals surface area contributed by atoms with E-state index in [9.17, 15) is 18.0 Å². The van der Waals surface area contributed by atoms with E-state index in [0.717, 1.165) is 12.1 Å². The van der Waals surface area contributed by atoms with Crippen molar-refractivity contribution in [1.29, 1.82) is 0 Å². The molecule has 0 spiro atoms. The zero-order valence-corrected chi connectivity index (χ0v) is 16.7. The van der Waals surface area contributed by atoms with Gasteiger partial charge in [-0.05, 0) is 32.0 Å². The average molecular weight is 419 g/mol. The van der Waals surface area contributed by atoms with E-state index in [-0.39, 0.29) is 11.4 Å².